The fourth-order valence-corrected chi connectivity index (χ4v) is 5.15. The number of fused-ring (bicyclic) bond motifs is 2. The molecule has 28 heavy (non-hydrogen) atoms. The van der Waals surface area contributed by atoms with Gasteiger partial charge in [0.05, 0.1) is 26.7 Å². The van der Waals surface area contributed by atoms with E-state index in [1.807, 2.05) is 0 Å². The zero-order valence-electron chi connectivity index (χ0n) is 14.4. The van der Waals surface area contributed by atoms with Crippen LogP contribution in [0.3, 0.4) is 0 Å². The van der Waals surface area contributed by atoms with Crippen molar-refractivity contribution in [2.45, 2.75) is 13.5 Å². The van der Waals surface area contributed by atoms with E-state index >= 15 is 0 Å². The van der Waals surface area contributed by atoms with E-state index in [1.54, 1.807) is 23.6 Å². The lowest BCUT2D eigenvalue weighted by Crippen LogP contribution is -2.23. The van der Waals surface area contributed by atoms with Crippen molar-refractivity contribution in [2.75, 3.05) is 13.4 Å². The smallest absolute Gasteiger partial charge is 0.326 e. The fraction of sp³-hybridized carbons (Fsp3) is 0.235. The van der Waals surface area contributed by atoms with Crippen molar-refractivity contribution in [1.29, 1.82) is 0 Å². The molecule has 0 aliphatic carbocycles. The molecule has 0 atom stereocenters. The van der Waals surface area contributed by atoms with E-state index in [-0.39, 0.29) is 29.8 Å². The van der Waals surface area contributed by atoms with Crippen molar-refractivity contribution >= 4 is 68.0 Å². The number of esters is 1. The van der Waals surface area contributed by atoms with E-state index in [2.05, 4.69) is 4.99 Å². The summed E-state index contributed by atoms with van der Waals surface area (Å²) in [7, 11) is 0. The number of aromatic nitrogens is 1. The van der Waals surface area contributed by atoms with Crippen LogP contribution in [0.25, 0.3) is 10.2 Å². The van der Waals surface area contributed by atoms with Crippen LogP contribution >= 0.6 is 45.9 Å². The Morgan fingerprint density at radius 3 is 2.64 bits per heavy atom. The molecule has 1 aliphatic heterocycles. The first-order valence-electron chi connectivity index (χ1n) is 8.08. The second-order valence-electron chi connectivity index (χ2n) is 5.60. The van der Waals surface area contributed by atoms with Gasteiger partial charge in [-0.2, -0.15) is 4.99 Å². The Morgan fingerprint density at radius 1 is 1.21 bits per heavy atom. The second kappa shape index (κ2) is 7.75. The summed E-state index contributed by atoms with van der Waals surface area (Å²) >= 11 is 14.3. The first-order chi connectivity index (χ1) is 13.5. The lowest BCUT2D eigenvalue weighted by Gasteiger charge is -2.05. The van der Waals surface area contributed by atoms with Crippen molar-refractivity contribution in [3.63, 3.8) is 0 Å². The number of hydrogen-bond acceptors (Lipinski definition) is 7. The molecule has 7 nitrogen and oxygen atoms in total. The van der Waals surface area contributed by atoms with Gasteiger partial charge in [-0.05, 0) is 13.0 Å². The number of carbonyl (C=O) groups is 2. The predicted octanol–water partition coefficient (Wildman–Crippen LogP) is 4.10. The van der Waals surface area contributed by atoms with Crippen molar-refractivity contribution in [2.24, 2.45) is 4.99 Å². The topological polar surface area (TPSA) is 79.1 Å². The summed E-state index contributed by atoms with van der Waals surface area (Å²) in [5.74, 6) is 0.179. The summed E-state index contributed by atoms with van der Waals surface area (Å²) in [6, 6.07) is 5.02. The third-order valence-electron chi connectivity index (χ3n) is 3.85. The molecule has 3 heterocycles. The van der Waals surface area contributed by atoms with E-state index in [0.717, 1.165) is 16.0 Å². The first-order valence-corrected chi connectivity index (χ1v) is 10.5. The third kappa shape index (κ3) is 3.62. The molecule has 1 aromatic carbocycles. The number of amides is 1. The summed E-state index contributed by atoms with van der Waals surface area (Å²) in [5.41, 5.74) is 0.897. The van der Waals surface area contributed by atoms with Crippen LogP contribution in [0.2, 0.25) is 8.67 Å². The molecule has 11 heteroatoms. The minimum atomic E-state index is -0.544. The highest BCUT2D eigenvalue weighted by Gasteiger charge is 2.20. The van der Waals surface area contributed by atoms with Gasteiger partial charge in [-0.15, -0.1) is 11.3 Å². The van der Waals surface area contributed by atoms with Gasteiger partial charge >= 0.3 is 5.97 Å². The highest BCUT2D eigenvalue weighted by atomic mass is 35.5. The van der Waals surface area contributed by atoms with Gasteiger partial charge in [0.1, 0.15) is 10.9 Å². The number of carbonyl (C=O) groups excluding carboxylic acids is 2. The van der Waals surface area contributed by atoms with Gasteiger partial charge in [0.2, 0.25) is 6.79 Å². The molecule has 0 bridgehead atoms. The summed E-state index contributed by atoms with van der Waals surface area (Å²) in [6.07, 6.45) is 0. The van der Waals surface area contributed by atoms with Gasteiger partial charge in [-0.1, -0.05) is 34.5 Å². The van der Waals surface area contributed by atoms with Crippen molar-refractivity contribution in [1.82, 2.24) is 4.57 Å². The van der Waals surface area contributed by atoms with Crippen LogP contribution in [-0.4, -0.2) is 29.8 Å². The van der Waals surface area contributed by atoms with Crippen molar-refractivity contribution in [3.05, 3.63) is 37.2 Å². The molecule has 0 unspecified atom stereocenters. The van der Waals surface area contributed by atoms with Gasteiger partial charge in [0, 0.05) is 12.1 Å². The average Bonchev–Trinajstić information content (AvgIpc) is 3.31. The molecule has 2 aromatic heterocycles. The molecule has 0 saturated heterocycles. The molecule has 3 aromatic rings. The lowest BCUT2D eigenvalue weighted by atomic mass is 10.3. The number of rotatable bonds is 4. The normalized spacial score (nSPS) is 13.3. The van der Waals surface area contributed by atoms with Crippen LogP contribution in [0.15, 0.2) is 23.2 Å². The zero-order chi connectivity index (χ0) is 19.8. The minimum Gasteiger partial charge on any atom is -0.465 e. The quantitative estimate of drug-likeness (QED) is 0.549. The van der Waals surface area contributed by atoms with E-state index in [0.29, 0.717) is 26.2 Å². The van der Waals surface area contributed by atoms with Crippen LogP contribution < -0.4 is 14.3 Å². The number of thiophene rings is 1. The molecule has 0 saturated carbocycles. The zero-order valence-corrected chi connectivity index (χ0v) is 17.5. The van der Waals surface area contributed by atoms with Gasteiger partial charge in [0.15, 0.2) is 16.3 Å². The summed E-state index contributed by atoms with van der Waals surface area (Å²) in [4.78, 5) is 29.2. The number of hydrogen-bond donors (Lipinski definition) is 0. The van der Waals surface area contributed by atoms with Gasteiger partial charge in [-0.25, -0.2) is 0 Å². The Labute approximate surface area is 176 Å². The third-order valence-corrected chi connectivity index (χ3v) is 6.38. The lowest BCUT2D eigenvalue weighted by molar-refractivity contribution is -0.143. The van der Waals surface area contributed by atoms with Gasteiger partial charge in [-0.3, -0.25) is 9.59 Å². The second-order valence-corrected chi connectivity index (χ2v) is 8.90. The van der Waals surface area contributed by atoms with E-state index in [4.69, 9.17) is 37.4 Å². The molecule has 0 N–H and O–H groups in total. The van der Waals surface area contributed by atoms with E-state index in [1.165, 1.54) is 17.4 Å². The summed E-state index contributed by atoms with van der Waals surface area (Å²) in [6.45, 7) is 2.01. The fourth-order valence-electron chi connectivity index (χ4n) is 2.67. The maximum atomic E-state index is 12.6. The number of nitrogens with zero attached hydrogens (tertiary/aromatic N) is 2. The first kappa shape index (κ1) is 19.3. The van der Waals surface area contributed by atoms with Crippen LogP contribution in [0.1, 0.15) is 17.3 Å². The summed E-state index contributed by atoms with van der Waals surface area (Å²) in [5, 5.41) is 0. The molecule has 0 spiro atoms. The van der Waals surface area contributed by atoms with Gasteiger partial charge in [0.25, 0.3) is 5.91 Å². The highest BCUT2D eigenvalue weighted by molar-refractivity contribution is 7.20. The SMILES string of the molecule is CCOC(=O)Cn1c(=NC(=O)c2cc(Cl)sc2Cl)sc2cc3c(cc21)OCO3. The Balaban J connectivity index is 1.85. The molecule has 0 radical (unpaired) electrons. The molecule has 1 aliphatic rings. The molecule has 4 rings (SSSR count). The maximum absolute atomic E-state index is 12.6. The standard InChI is InChI=1S/C17H12Cl2N2O5S2/c1-2-24-14(22)6-21-9-4-10-11(26-7-25-10)5-12(9)27-17(21)20-16(23)8-3-13(18)28-15(8)19/h3-5H,2,6-7H2,1H3. The summed E-state index contributed by atoms with van der Waals surface area (Å²) < 4.78 is 18.9. The number of halogens is 2. The molecule has 1 amide bonds. The Hall–Kier alpha value is -2.07. The molecule has 0 fully saturated rings. The molecular weight excluding hydrogens is 447 g/mol. The van der Waals surface area contributed by atoms with Crippen LogP contribution in [0.4, 0.5) is 0 Å². The number of benzene rings is 1. The highest BCUT2D eigenvalue weighted by Crippen LogP contribution is 2.37. The van der Waals surface area contributed by atoms with E-state index in [9.17, 15) is 9.59 Å². The number of ether oxygens (including phenoxy) is 3. The Morgan fingerprint density at radius 2 is 1.96 bits per heavy atom. The molecule has 146 valence electrons. The predicted molar refractivity (Wildman–Crippen MR) is 107 cm³/mol. The Bertz CT molecular complexity index is 1160. The minimum absolute atomic E-state index is 0.0995. The average molecular weight is 459 g/mol. The molecular formula is C17H12Cl2N2O5S2. The van der Waals surface area contributed by atoms with Crippen LogP contribution in [0.5, 0.6) is 11.5 Å². The van der Waals surface area contributed by atoms with Crippen molar-refractivity contribution < 1.29 is 23.8 Å². The largest absolute Gasteiger partial charge is 0.465 e. The van der Waals surface area contributed by atoms with Crippen molar-refractivity contribution in [3.8, 4) is 11.5 Å². The van der Waals surface area contributed by atoms with Crippen LogP contribution in [-0.2, 0) is 16.1 Å². The van der Waals surface area contributed by atoms with E-state index < -0.39 is 11.9 Å². The number of thiazole rings is 1. The maximum Gasteiger partial charge on any atom is 0.326 e. The monoisotopic (exact) mass is 458 g/mol. The van der Waals surface area contributed by atoms with Gasteiger partial charge < -0.3 is 18.8 Å². The Kier molecular flexibility index (Phi) is 5.33. The van der Waals surface area contributed by atoms with Crippen LogP contribution in [0, 0.1) is 0 Å².